The number of fused-ring (bicyclic) bond motifs is 1. The topological polar surface area (TPSA) is 81.4 Å². The Hall–Kier alpha value is -2.64. The second-order valence-corrected chi connectivity index (χ2v) is 8.04. The number of aryl methyl sites for hydroxylation is 2. The van der Waals surface area contributed by atoms with Gasteiger partial charge >= 0.3 is 5.97 Å². The van der Waals surface area contributed by atoms with E-state index >= 15 is 0 Å². The van der Waals surface area contributed by atoms with Gasteiger partial charge in [-0.2, -0.15) is 0 Å². The highest BCUT2D eigenvalue weighted by Crippen LogP contribution is 2.25. The minimum Gasteiger partial charge on any atom is -0.465 e. The van der Waals surface area contributed by atoms with E-state index < -0.39 is 12.1 Å². The molecule has 1 aromatic heterocycles. The minimum atomic E-state index is -0.693. The fourth-order valence-electron chi connectivity index (χ4n) is 3.08. The maximum Gasteiger partial charge on any atom is 0.337 e. The third-order valence-electron chi connectivity index (χ3n) is 4.65. The largest absolute Gasteiger partial charge is 0.465 e. The quantitative estimate of drug-likeness (QED) is 0.379. The number of ether oxygens (including phenoxy) is 1. The van der Waals surface area contributed by atoms with Crippen LogP contribution in [0.4, 0.5) is 0 Å². The van der Waals surface area contributed by atoms with Crippen LogP contribution in [0.3, 0.4) is 0 Å². The molecule has 0 amide bonds. The van der Waals surface area contributed by atoms with Gasteiger partial charge in [0.25, 0.3) is 5.56 Å². The minimum absolute atomic E-state index is 0.148. The van der Waals surface area contributed by atoms with Crippen molar-refractivity contribution in [3.8, 4) is 0 Å². The SMILES string of the molecule is COC(=O)c1ccc2c(=O)n(C[C@H](C)O)c(SCc3cc(C)ccc3C)nc2c1. The van der Waals surface area contributed by atoms with Gasteiger partial charge in [0, 0.05) is 5.75 Å². The highest BCUT2D eigenvalue weighted by Gasteiger charge is 2.16. The van der Waals surface area contributed by atoms with Crippen molar-refractivity contribution in [3.05, 3.63) is 69.0 Å². The number of hydrogen-bond acceptors (Lipinski definition) is 6. The van der Waals surface area contributed by atoms with Crippen LogP contribution in [0.1, 0.15) is 34.0 Å². The fourth-order valence-corrected chi connectivity index (χ4v) is 4.15. The summed E-state index contributed by atoms with van der Waals surface area (Å²) < 4.78 is 6.26. The number of carbonyl (C=O) groups is 1. The Morgan fingerprint density at radius 3 is 2.69 bits per heavy atom. The van der Waals surface area contributed by atoms with E-state index in [1.807, 2.05) is 6.92 Å². The summed E-state index contributed by atoms with van der Waals surface area (Å²) in [6.45, 7) is 5.88. The first-order chi connectivity index (χ1) is 13.8. The number of carbonyl (C=O) groups excluding carboxylic acids is 1. The lowest BCUT2D eigenvalue weighted by atomic mass is 10.1. The molecule has 1 heterocycles. The molecule has 0 unspecified atom stereocenters. The standard InChI is InChI=1S/C22H24N2O4S/c1-13-5-6-14(2)17(9-13)12-29-22-23-19-10-16(21(27)28-4)7-8-18(19)20(26)24(22)11-15(3)25/h5-10,15,25H,11-12H2,1-4H3/t15-/m0/s1. The third-order valence-corrected chi connectivity index (χ3v) is 5.67. The van der Waals surface area contributed by atoms with Gasteiger partial charge in [0.05, 0.1) is 36.2 Å². The smallest absolute Gasteiger partial charge is 0.337 e. The summed E-state index contributed by atoms with van der Waals surface area (Å²) in [4.78, 5) is 29.5. The Kier molecular flexibility index (Phi) is 6.39. The molecule has 7 heteroatoms. The molecule has 0 aliphatic rings. The maximum atomic E-state index is 13.1. The first-order valence-corrected chi connectivity index (χ1v) is 10.3. The van der Waals surface area contributed by atoms with Crippen molar-refractivity contribution in [1.29, 1.82) is 0 Å². The number of thioether (sulfide) groups is 1. The number of hydrogen-bond donors (Lipinski definition) is 1. The Balaban J connectivity index is 2.07. The fraction of sp³-hybridized carbons (Fsp3) is 0.318. The number of aromatic nitrogens is 2. The number of aliphatic hydroxyl groups excluding tert-OH is 1. The van der Waals surface area contributed by atoms with Crippen LogP contribution in [0.25, 0.3) is 10.9 Å². The molecule has 0 bridgehead atoms. The molecule has 152 valence electrons. The zero-order chi connectivity index (χ0) is 21.1. The van der Waals surface area contributed by atoms with Crippen molar-refractivity contribution in [3.63, 3.8) is 0 Å². The highest BCUT2D eigenvalue weighted by molar-refractivity contribution is 7.98. The van der Waals surface area contributed by atoms with Crippen LogP contribution in [0.2, 0.25) is 0 Å². The zero-order valence-electron chi connectivity index (χ0n) is 16.9. The van der Waals surface area contributed by atoms with Gasteiger partial charge < -0.3 is 9.84 Å². The molecule has 0 radical (unpaired) electrons. The predicted molar refractivity (Wildman–Crippen MR) is 115 cm³/mol. The van der Waals surface area contributed by atoms with Crippen LogP contribution >= 0.6 is 11.8 Å². The summed E-state index contributed by atoms with van der Waals surface area (Å²) in [5.41, 5.74) is 4.03. The number of aliphatic hydroxyl groups is 1. The first kappa shape index (κ1) is 21.1. The van der Waals surface area contributed by atoms with E-state index in [4.69, 9.17) is 4.74 Å². The van der Waals surface area contributed by atoms with Gasteiger partial charge in [-0.1, -0.05) is 35.5 Å². The summed E-state index contributed by atoms with van der Waals surface area (Å²) >= 11 is 1.44. The summed E-state index contributed by atoms with van der Waals surface area (Å²) in [5, 5.41) is 10.8. The monoisotopic (exact) mass is 412 g/mol. The molecule has 3 rings (SSSR count). The molecule has 0 aliphatic carbocycles. The van der Waals surface area contributed by atoms with Crippen molar-refractivity contribution >= 4 is 28.6 Å². The van der Waals surface area contributed by atoms with E-state index in [0.717, 1.165) is 5.56 Å². The number of benzene rings is 2. The first-order valence-electron chi connectivity index (χ1n) is 9.30. The normalized spacial score (nSPS) is 12.2. The molecule has 0 saturated heterocycles. The summed E-state index contributed by atoms with van der Waals surface area (Å²) in [6, 6.07) is 11.0. The highest BCUT2D eigenvalue weighted by atomic mass is 32.2. The van der Waals surface area contributed by atoms with Gasteiger partial charge in [-0.25, -0.2) is 9.78 Å². The molecule has 1 N–H and O–H groups in total. The molecular weight excluding hydrogens is 388 g/mol. The second-order valence-electron chi connectivity index (χ2n) is 7.10. The number of methoxy groups -OCH3 is 1. The number of esters is 1. The van der Waals surface area contributed by atoms with Gasteiger partial charge in [0.15, 0.2) is 5.16 Å². The second kappa shape index (κ2) is 8.80. The Bertz CT molecular complexity index is 1120. The van der Waals surface area contributed by atoms with Crippen molar-refractivity contribution in [2.45, 2.75) is 44.3 Å². The predicted octanol–water partition coefficient (Wildman–Crippen LogP) is 3.47. The molecule has 0 spiro atoms. The third kappa shape index (κ3) is 4.68. The zero-order valence-corrected chi connectivity index (χ0v) is 17.7. The van der Waals surface area contributed by atoms with Crippen LogP contribution in [-0.2, 0) is 17.0 Å². The van der Waals surface area contributed by atoms with Crippen LogP contribution in [0.15, 0.2) is 46.3 Å². The average molecular weight is 413 g/mol. The molecule has 0 aliphatic heterocycles. The Morgan fingerprint density at radius 1 is 1.24 bits per heavy atom. The van der Waals surface area contributed by atoms with Gasteiger partial charge in [-0.05, 0) is 50.1 Å². The van der Waals surface area contributed by atoms with Crippen molar-refractivity contribution in [2.24, 2.45) is 0 Å². The molecule has 2 aromatic carbocycles. The number of rotatable bonds is 6. The lowest BCUT2D eigenvalue weighted by molar-refractivity contribution is 0.0601. The molecular formula is C22H24N2O4S. The maximum absolute atomic E-state index is 13.1. The summed E-state index contributed by atoms with van der Waals surface area (Å²) in [7, 11) is 1.31. The van der Waals surface area contributed by atoms with Gasteiger partial charge in [-0.3, -0.25) is 9.36 Å². The van der Waals surface area contributed by atoms with Crippen molar-refractivity contribution in [1.82, 2.24) is 9.55 Å². The molecule has 6 nitrogen and oxygen atoms in total. The lowest BCUT2D eigenvalue weighted by Gasteiger charge is -2.15. The molecule has 0 saturated carbocycles. The Labute approximate surface area is 173 Å². The van der Waals surface area contributed by atoms with Crippen LogP contribution < -0.4 is 5.56 Å². The lowest BCUT2D eigenvalue weighted by Crippen LogP contribution is -2.28. The summed E-state index contributed by atoms with van der Waals surface area (Å²) in [6.07, 6.45) is -0.693. The molecule has 1 atom stereocenters. The number of nitrogens with zero attached hydrogens (tertiary/aromatic N) is 2. The van der Waals surface area contributed by atoms with E-state index in [0.29, 0.717) is 27.4 Å². The summed E-state index contributed by atoms with van der Waals surface area (Å²) in [5.74, 6) is 0.161. The molecule has 29 heavy (non-hydrogen) atoms. The van der Waals surface area contributed by atoms with E-state index in [-0.39, 0.29) is 12.1 Å². The van der Waals surface area contributed by atoms with Crippen molar-refractivity contribution in [2.75, 3.05) is 7.11 Å². The average Bonchev–Trinajstić information content (AvgIpc) is 2.69. The Morgan fingerprint density at radius 2 is 2.00 bits per heavy atom. The van der Waals surface area contributed by atoms with Crippen LogP contribution in [-0.4, -0.2) is 33.8 Å². The van der Waals surface area contributed by atoms with Gasteiger partial charge in [0.2, 0.25) is 0 Å². The van der Waals surface area contributed by atoms with E-state index in [9.17, 15) is 14.7 Å². The van der Waals surface area contributed by atoms with Gasteiger partial charge in [0.1, 0.15) is 0 Å². The van der Waals surface area contributed by atoms with Crippen LogP contribution in [0, 0.1) is 13.8 Å². The van der Waals surface area contributed by atoms with E-state index in [1.54, 1.807) is 25.1 Å². The molecule has 3 aromatic rings. The van der Waals surface area contributed by atoms with E-state index in [1.165, 1.54) is 34.6 Å². The molecule has 0 fully saturated rings. The van der Waals surface area contributed by atoms with Gasteiger partial charge in [-0.15, -0.1) is 0 Å². The van der Waals surface area contributed by atoms with Crippen LogP contribution in [0.5, 0.6) is 0 Å². The van der Waals surface area contributed by atoms with E-state index in [2.05, 4.69) is 30.1 Å². The van der Waals surface area contributed by atoms with Crippen molar-refractivity contribution < 1.29 is 14.6 Å².